The van der Waals surface area contributed by atoms with Crippen LogP contribution in [-0.4, -0.2) is 120 Å². The first-order valence-corrected chi connectivity index (χ1v) is 27.6. The third-order valence-corrected chi connectivity index (χ3v) is 17.4. The van der Waals surface area contributed by atoms with Crippen LogP contribution in [-0.2, 0) is 4.74 Å². The number of piperidine rings is 4. The molecule has 8 heterocycles. The number of aryl methyl sites for hydroxylation is 3. The second-order valence-electron chi connectivity index (χ2n) is 23.8. The van der Waals surface area contributed by atoms with E-state index in [0.29, 0.717) is 30.5 Å². The van der Waals surface area contributed by atoms with Gasteiger partial charge in [-0.25, -0.2) is 4.79 Å². The summed E-state index contributed by atoms with van der Waals surface area (Å²) < 4.78 is 23.6. The molecule has 0 radical (unpaired) electrons. The summed E-state index contributed by atoms with van der Waals surface area (Å²) in [6, 6.07) is 30.1. The van der Waals surface area contributed by atoms with Gasteiger partial charge in [-0.15, -0.1) is 12.4 Å². The summed E-state index contributed by atoms with van der Waals surface area (Å²) in [6.45, 7) is 15.0. The summed E-state index contributed by atoms with van der Waals surface area (Å²) in [5.74, 6) is 5.69. The Balaban J connectivity index is 0.000000143. The molecular formula is C60H91ClN4O6. The highest BCUT2D eigenvalue weighted by atomic mass is 35.5. The van der Waals surface area contributed by atoms with Crippen molar-refractivity contribution in [3.63, 3.8) is 0 Å². The van der Waals surface area contributed by atoms with E-state index in [1.807, 2.05) is 43.9 Å². The molecule has 2 N–H and O–H groups in total. The Kier molecular flexibility index (Phi) is 19.9. The molecule has 8 unspecified atom stereocenters. The normalized spacial score (nSPS) is 31.4. The van der Waals surface area contributed by atoms with Crippen LogP contribution < -0.4 is 19.5 Å². The largest absolute Gasteiger partial charge is 0.493 e. The Labute approximate surface area is 434 Å². The number of fused-ring (bicyclic) bond motifs is 8. The molecule has 8 aliphatic heterocycles. The summed E-state index contributed by atoms with van der Waals surface area (Å²) in [4.78, 5) is 19.6. The molecule has 0 saturated carbocycles. The standard InChI is InChI=1S/C20H29NO3.C16H23NO.C15H21NO.C9H17NO.ClH/c1-14-7-5-6-8-18(14)23-13-15-11-16-9-10-17(12-15)21(16)19(22)24-20(2,3)4;1-12-5-3-4-6-16(12)18-11-13-9-14-7-8-15(10-13)17(14)2;1-11-4-2-3-5-15(11)17-10-12-8-13-6-7-14(9-12)16-13;1-10-8-2-3-9(10)5-7(4-8)6-11;/h5-8,15-17H,9-13H2,1-4H3;3-6,13-15H,7-11H2,1-2H3;2-5,12-14,16H,6-10H2,1H3;7-9,11H,2-6H2,1H3;1H. The van der Waals surface area contributed by atoms with Crippen molar-refractivity contribution in [1.29, 1.82) is 0 Å². The molecule has 11 rings (SSSR count). The van der Waals surface area contributed by atoms with Crippen LogP contribution in [0.3, 0.4) is 0 Å². The topological polar surface area (TPSA) is 96.0 Å². The van der Waals surface area contributed by atoms with E-state index in [-0.39, 0.29) is 18.5 Å². The van der Waals surface area contributed by atoms with Gasteiger partial charge in [0.05, 0.1) is 19.8 Å². The van der Waals surface area contributed by atoms with E-state index in [1.165, 1.54) is 93.7 Å². The summed E-state index contributed by atoms with van der Waals surface area (Å²) >= 11 is 0. The van der Waals surface area contributed by atoms with Crippen LogP contribution >= 0.6 is 12.4 Å². The van der Waals surface area contributed by atoms with E-state index in [0.717, 1.165) is 111 Å². The Morgan fingerprint density at radius 2 is 0.845 bits per heavy atom. The predicted molar refractivity (Wildman–Crippen MR) is 289 cm³/mol. The van der Waals surface area contributed by atoms with Crippen molar-refractivity contribution in [3.8, 4) is 17.2 Å². The van der Waals surface area contributed by atoms with E-state index in [4.69, 9.17) is 24.1 Å². The quantitative estimate of drug-likeness (QED) is 0.206. The third kappa shape index (κ3) is 15.0. The molecule has 3 aromatic carbocycles. The minimum Gasteiger partial charge on any atom is -0.493 e. The first-order valence-electron chi connectivity index (χ1n) is 27.6. The van der Waals surface area contributed by atoms with Crippen LogP contribution in [0.4, 0.5) is 4.79 Å². The molecule has 8 fully saturated rings. The zero-order valence-corrected chi connectivity index (χ0v) is 45.6. The first-order chi connectivity index (χ1) is 33.7. The van der Waals surface area contributed by atoms with Gasteiger partial charge in [0, 0.05) is 54.9 Å². The number of hydrogen-bond donors (Lipinski definition) is 2. The number of aliphatic hydroxyl groups excluding tert-OH is 1. The third-order valence-electron chi connectivity index (χ3n) is 17.4. The molecule has 8 saturated heterocycles. The molecule has 0 spiro atoms. The molecule has 8 bridgehead atoms. The number of para-hydroxylation sites is 3. The molecule has 8 atom stereocenters. The molecule has 10 nitrogen and oxygen atoms in total. The van der Waals surface area contributed by atoms with Crippen molar-refractivity contribution in [2.75, 3.05) is 40.5 Å². The Bertz CT molecular complexity index is 2060. The zero-order chi connectivity index (χ0) is 49.4. The average molecular weight is 1000 g/mol. The number of carbonyl (C=O) groups excluding carboxylic acids is 1. The molecule has 394 valence electrons. The van der Waals surface area contributed by atoms with Gasteiger partial charge in [-0.2, -0.15) is 0 Å². The van der Waals surface area contributed by atoms with E-state index in [1.54, 1.807) is 0 Å². The van der Waals surface area contributed by atoms with Crippen LogP contribution in [0.1, 0.15) is 140 Å². The van der Waals surface area contributed by atoms with Crippen molar-refractivity contribution < 1.29 is 28.8 Å². The fraction of sp³-hybridized carbons (Fsp3) is 0.683. The van der Waals surface area contributed by atoms with E-state index >= 15 is 0 Å². The van der Waals surface area contributed by atoms with Crippen molar-refractivity contribution in [1.82, 2.24) is 20.0 Å². The zero-order valence-electron chi connectivity index (χ0n) is 44.7. The minimum absolute atomic E-state index is 0. The fourth-order valence-electron chi connectivity index (χ4n) is 13.5. The summed E-state index contributed by atoms with van der Waals surface area (Å²) in [5.41, 5.74) is 3.23. The maximum absolute atomic E-state index is 12.5. The lowest BCUT2D eigenvalue weighted by Crippen LogP contribution is -2.49. The number of carbonyl (C=O) groups is 1. The maximum atomic E-state index is 12.5. The molecular weight excluding hydrogens is 908 g/mol. The van der Waals surface area contributed by atoms with Crippen molar-refractivity contribution in [3.05, 3.63) is 89.5 Å². The van der Waals surface area contributed by atoms with Gasteiger partial charge in [0.1, 0.15) is 22.8 Å². The Hall–Kier alpha value is -3.54. The highest BCUT2D eigenvalue weighted by Gasteiger charge is 2.45. The number of hydrogen-bond acceptors (Lipinski definition) is 9. The molecule has 3 aromatic rings. The van der Waals surface area contributed by atoms with E-state index in [9.17, 15) is 4.79 Å². The van der Waals surface area contributed by atoms with Crippen LogP contribution in [0.2, 0.25) is 0 Å². The second kappa shape index (κ2) is 25.6. The number of rotatable bonds is 10. The number of benzene rings is 3. The summed E-state index contributed by atoms with van der Waals surface area (Å²) in [7, 11) is 4.52. The number of nitrogens with one attached hydrogen (secondary N) is 1. The van der Waals surface area contributed by atoms with Crippen molar-refractivity contribution >= 4 is 18.5 Å². The van der Waals surface area contributed by atoms with Crippen molar-refractivity contribution in [2.45, 2.75) is 198 Å². The van der Waals surface area contributed by atoms with E-state index < -0.39 is 5.60 Å². The average Bonchev–Trinajstić information content (AvgIpc) is 3.94. The Morgan fingerprint density at radius 1 is 0.521 bits per heavy atom. The number of aliphatic hydroxyl groups is 1. The number of halogens is 1. The summed E-state index contributed by atoms with van der Waals surface area (Å²) in [5, 5.41) is 12.7. The molecule has 11 heteroatoms. The lowest BCUT2D eigenvalue weighted by Gasteiger charge is -2.39. The summed E-state index contributed by atoms with van der Waals surface area (Å²) in [6.07, 6.45) is 20.0. The van der Waals surface area contributed by atoms with Crippen LogP contribution in [0.5, 0.6) is 17.2 Å². The van der Waals surface area contributed by atoms with Gasteiger partial charge in [0.15, 0.2) is 0 Å². The fourth-order valence-corrected chi connectivity index (χ4v) is 13.5. The maximum Gasteiger partial charge on any atom is 0.410 e. The molecule has 0 aliphatic carbocycles. The van der Waals surface area contributed by atoms with Gasteiger partial charge < -0.3 is 44.1 Å². The van der Waals surface area contributed by atoms with Crippen LogP contribution in [0.25, 0.3) is 0 Å². The molecule has 8 aliphatic rings. The SMILES string of the molecule is CN1C2CCC1CC(CO)C2.Cc1ccccc1OCC1CC2CCC(C1)N2.Cc1ccccc1OCC1CC2CCC(C1)N2C.Cc1ccccc1OCC1CC2CCC(C1)N2C(=O)OC(C)(C)C.Cl. The minimum atomic E-state index is -0.429. The van der Waals surface area contributed by atoms with Gasteiger partial charge in [0.25, 0.3) is 0 Å². The molecule has 71 heavy (non-hydrogen) atoms. The van der Waals surface area contributed by atoms with Gasteiger partial charge in [0.2, 0.25) is 0 Å². The first kappa shape index (κ1) is 55.2. The second-order valence-corrected chi connectivity index (χ2v) is 23.8. The van der Waals surface area contributed by atoms with Gasteiger partial charge in [-0.1, -0.05) is 54.6 Å². The smallest absolute Gasteiger partial charge is 0.410 e. The van der Waals surface area contributed by atoms with Crippen LogP contribution in [0.15, 0.2) is 72.8 Å². The number of nitrogens with zero attached hydrogens (tertiary/aromatic N) is 3. The van der Waals surface area contributed by atoms with Crippen molar-refractivity contribution in [2.24, 2.45) is 23.7 Å². The van der Waals surface area contributed by atoms with Gasteiger partial charge >= 0.3 is 6.09 Å². The van der Waals surface area contributed by atoms with E-state index in [2.05, 4.69) is 105 Å². The number of ether oxygens (including phenoxy) is 4. The Morgan fingerprint density at radius 3 is 1.20 bits per heavy atom. The predicted octanol–water partition coefficient (Wildman–Crippen LogP) is 12.0. The lowest BCUT2D eigenvalue weighted by atomic mass is 9.91. The molecule has 1 amide bonds. The van der Waals surface area contributed by atoms with Gasteiger partial charge in [-0.05, 0) is 217 Å². The lowest BCUT2D eigenvalue weighted by molar-refractivity contribution is -0.000984. The highest BCUT2D eigenvalue weighted by Crippen LogP contribution is 2.41. The number of amides is 1. The monoisotopic (exact) mass is 999 g/mol. The van der Waals surface area contributed by atoms with Crippen LogP contribution in [0, 0.1) is 44.4 Å². The molecule has 0 aromatic heterocycles. The van der Waals surface area contributed by atoms with Gasteiger partial charge in [-0.3, -0.25) is 0 Å². The highest BCUT2D eigenvalue weighted by molar-refractivity contribution is 5.85.